The second kappa shape index (κ2) is 4.82. The molecular formula is C10H17N3O2S. The van der Waals surface area contributed by atoms with Crippen molar-refractivity contribution in [3.8, 4) is 0 Å². The largest absolute Gasteiger partial charge is 0.373 e. The molecule has 0 heterocycles. The average molecular weight is 243 g/mol. The van der Waals surface area contributed by atoms with Crippen LogP contribution in [0.1, 0.15) is 6.92 Å². The lowest BCUT2D eigenvalue weighted by atomic mass is 10.2. The van der Waals surface area contributed by atoms with Crippen molar-refractivity contribution in [2.24, 2.45) is 10.9 Å². The van der Waals surface area contributed by atoms with E-state index in [1.54, 1.807) is 12.1 Å². The van der Waals surface area contributed by atoms with Gasteiger partial charge in [-0.2, -0.15) is 0 Å². The zero-order valence-corrected chi connectivity index (χ0v) is 10.2. The molecule has 0 aliphatic rings. The van der Waals surface area contributed by atoms with Crippen molar-refractivity contribution in [2.75, 3.05) is 18.5 Å². The van der Waals surface area contributed by atoms with E-state index in [-0.39, 0.29) is 10.9 Å². The smallest absolute Gasteiger partial charge is 0.238 e. The molecule has 0 saturated carbocycles. The van der Waals surface area contributed by atoms with E-state index < -0.39 is 10.0 Å². The van der Waals surface area contributed by atoms with Crippen molar-refractivity contribution in [2.45, 2.75) is 17.9 Å². The van der Waals surface area contributed by atoms with Gasteiger partial charge < -0.3 is 10.6 Å². The van der Waals surface area contributed by atoms with Crippen LogP contribution in [-0.4, -0.2) is 28.1 Å². The van der Waals surface area contributed by atoms with Crippen LogP contribution in [0.4, 0.5) is 5.69 Å². The molecule has 1 atom stereocenters. The molecule has 5 nitrogen and oxygen atoms in total. The number of anilines is 1. The third-order valence-electron chi connectivity index (χ3n) is 2.17. The zero-order chi connectivity index (χ0) is 12.3. The SMILES string of the molecule is CC(N)CN(C)c1ccc(S(N)(=O)=O)cc1. The summed E-state index contributed by atoms with van der Waals surface area (Å²) in [5, 5.41) is 5.00. The van der Waals surface area contributed by atoms with Gasteiger partial charge in [-0.25, -0.2) is 13.6 Å². The fourth-order valence-electron chi connectivity index (χ4n) is 1.43. The Kier molecular flexibility index (Phi) is 3.90. The number of likely N-dealkylation sites (N-methyl/N-ethyl adjacent to an activating group) is 1. The second-order valence-electron chi connectivity index (χ2n) is 3.90. The summed E-state index contributed by atoms with van der Waals surface area (Å²) in [5.41, 5.74) is 6.58. The first kappa shape index (κ1) is 13.0. The van der Waals surface area contributed by atoms with E-state index in [2.05, 4.69) is 0 Å². The van der Waals surface area contributed by atoms with Crippen LogP contribution in [-0.2, 0) is 10.0 Å². The summed E-state index contributed by atoms with van der Waals surface area (Å²) in [6.45, 7) is 2.62. The van der Waals surface area contributed by atoms with Crippen LogP contribution in [0.3, 0.4) is 0 Å². The fourth-order valence-corrected chi connectivity index (χ4v) is 1.94. The summed E-state index contributed by atoms with van der Waals surface area (Å²) in [7, 11) is -1.71. The standard InChI is InChI=1S/C10H17N3O2S/c1-8(11)7-13(2)9-3-5-10(6-4-9)16(12,14)15/h3-6,8H,7,11H2,1-2H3,(H2,12,14,15). The third kappa shape index (κ3) is 3.48. The minimum atomic E-state index is -3.61. The van der Waals surface area contributed by atoms with E-state index in [1.165, 1.54) is 12.1 Å². The first-order chi connectivity index (χ1) is 7.30. The van der Waals surface area contributed by atoms with Gasteiger partial charge in [-0.05, 0) is 31.2 Å². The highest BCUT2D eigenvalue weighted by atomic mass is 32.2. The lowest BCUT2D eigenvalue weighted by Crippen LogP contribution is -2.32. The van der Waals surface area contributed by atoms with Gasteiger partial charge in [0.15, 0.2) is 0 Å². The van der Waals surface area contributed by atoms with Crippen molar-refractivity contribution >= 4 is 15.7 Å². The highest BCUT2D eigenvalue weighted by Gasteiger charge is 2.08. The van der Waals surface area contributed by atoms with Crippen LogP contribution in [0.15, 0.2) is 29.2 Å². The molecule has 0 spiro atoms. The summed E-state index contributed by atoms with van der Waals surface area (Å²) in [6, 6.07) is 6.46. The minimum Gasteiger partial charge on any atom is -0.373 e. The molecule has 0 radical (unpaired) electrons. The first-order valence-corrected chi connectivity index (χ1v) is 6.45. The Morgan fingerprint density at radius 2 is 1.81 bits per heavy atom. The third-order valence-corrected chi connectivity index (χ3v) is 3.10. The summed E-state index contributed by atoms with van der Waals surface area (Å²) in [5.74, 6) is 0. The van der Waals surface area contributed by atoms with Crippen molar-refractivity contribution < 1.29 is 8.42 Å². The number of nitrogens with zero attached hydrogens (tertiary/aromatic N) is 1. The molecule has 16 heavy (non-hydrogen) atoms. The number of primary sulfonamides is 1. The highest BCUT2D eigenvalue weighted by molar-refractivity contribution is 7.89. The number of hydrogen-bond acceptors (Lipinski definition) is 4. The summed E-state index contributed by atoms with van der Waals surface area (Å²) in [6.07, 6.45) is 0. The topological polar surface area (TPSA) is 89.4 Å². The maximum Gasteiger partial charge on any atom is 0.238 e. The van der Waals surface area contributed by atoms with Gasteiger partial charge in [0.2, 0.25) is 10.0 Å². The molecule has 1 rings (SSSR count). The van der Waals surface area contributed by atoms with Crippen LogP contribution in [0, 0.1) is 0 Å². The summed E-state index contributed by atoms with van der Waals surface area (Å²) in [4.78, 5) is 2.07. The maximum absolute atomic E-state index is 11.0. The lowest BCUT2D eigenvalue weighted by Gasteiger charge is -2.21. The molecule has 1 aromatic rings. The Bertz CT molecular complexity index is 440. The van der Waals surface area contributed by atoms with Crippen molar-refractivity contribution in [3.05, 3.63) is 24.3 Å². The molecule has 1 aromatic carbocycles. The molecular weight excluding hydrogens is 226 g/mol. The fraction of sp³-hybridized carbons (Fsp3) is 0.400. The van der Waals surface area contributed by atoms with Gasteiger partial charge in [0.05, 0.1) is 4.90 Å². The van der Waals surface area contributed by atoms with Gasteiger partial charge in [-0.15, -0.1) is 0 Å². The van der Waals surface area contributed by atoms with Crippen LogP contribution in [0.2, 0.25) is 0 Å². The molecule has 0 bridgehead atoms. The molecule has 0 fully saturated rings. The maximum atomic E-state index is 11.0. The summed E-state index contributed by atoms with van der Waals surface area (Å²) < 4.78 is 22.1. The van der Waals surface area contributed by atoms with Gasteiger partial charge in [0, 0.05) is 25.3 Å². The number of hydrogen-bond donors (Lipinski definition) is 2. The van der Waals surface area contributed by atoms with E-state index in [9.17, 15) is 8.42 Å². The van der Waals surface area contributed by atoms with Gasteiger partial charge >= 0.3 is 0 Å². The average Bonchev–Trinajstić information content (AvgIpc) is 2.15. The van der Waals surface area contributed by atoms with E-state index >= 15 is 0 Å². The van der Waals surface area contributed by atoms with E-state index in [0.29, 0.717) is 6.54 Å². The normalized spacial score (nSPS) is 13.5. The van der Waals surface area contributed by atoms with Crippen molar-refractivity contribution in [3.63, 3.8) is 0 Å². The highest BCUT2D eigenvalue weighted by Crippen LogP contribution is 2.15. The molecule has 0 aliphatic heterocycles. The minimum absolute atomic E-state index is 0.0583. The Morgan fingerprint density at radius 1 is 1.31 bits per heavy atom. The van der Waals surface area contributed by atoms with Crippen molar-refractivity contribution in [1.82, 2.24) is 0 Å². The van der Waals surface area contributed by atoms with Gasteiger partial charge in [-0.1, -0.05) is 0 Å². The number of benzene rings is 1. The predicted octanol–water partition coefficient (Wildman–Crippen LogP) is 0.117. The number of rotatable bonds is 4. The zero-order valence-electron chi connectivity index (χ0n) is 9.42. The quantitative estimate of drug-likeness (QED) is 0.786. The molecule has 4 N–H and O–H groups in total. The Hall–Kier alpha value is -1.11. The lowest BCUT2D eigenvalue weighted by molar-refractivity contribution is 0.598. The molecule has 0 aliphatic carbocycles. The molecule has 0 amide bonds. The predicted molar refractivity (Wildman–Crippen MR) is 64.7 cm³/mol. The number of nitrogens with two attached hydrogens (primary N) is 2. The van der Waals surface area contributed by atoms with Gasteiger partial charge in [0.1, 0.15) is 0 Å². The van der Waals surface area contributed by atoms with Crippen molar-refractivity contribution in [1.29, 1.82) is 0 Å². The van der Waals surface area contributed by atoms with Crippen LogP contribution >= 0.6 is 0 Å². The monoisotopic (exact) mass is 243 g/mol. The molecule has 90 valence electrons. The Labute approximate surface area is 96.1 Å². The Balaban J connectivity index is 2.87. The van der Waals surface area contributed by atoms with Gasteiger partial charge in [-0.3, -0.25) is 0 Å². The first-order valence-electron chi connectivity index (χ1n) is 4.90. The molecule has 0 saturated heterocycles. The molecule has 1 unspecified atom stereocenters. The van der Waals surface area contributed by atoms with E-state index in [4.69, 9.17) is 10.9 Å². The Morgan fingerprint density at radius 3 is 2.19 bits per heavy atom. The van der Waals surface area contributed by atoms with Gasteiger partial charge in [0.25, 0.3) is 0 Å². The van der Waals surface area contributed by atoms with Crippen LogP contribution < -0.4 is 15.8 Å². The van der Waals surface area contributed by atoms with Crippen LogP contribution in [0.5, 0.6) is 0 Å². The second-order valence-corrected chi connectivity index (χ2v) is 5.46. The van der Waals surface area contributed by atoms with Crippen LogP contribution in [0.25, 0.3) is 0 Å². The van der Waals surface area contributed by atoms with E-state index in [0.717, 1.165) is 5.69 Å². The molecule has 0 aromatic heterocycles. The molecule has 6 heteroatoms. The summed E-state index contributed by atoms with van der Waals surface area (Å²) >= 11 is 0. The number of sulfonamides is 1. The van der Waals surface area contributed by atoms with E-state index in [1.807, 2.05) is 18.9 Å².